The van der Waals surface area contributed by atoms with E-state index in [2.05, 4.69) is 36.4 Å². The normalized spacial score (nSPS) is 10.9. The molecule has 0 bridgehead atoms. The van der Waals surface area contributed by atoms with Crippen molar-refractivity contribution in [2.75, 3.05) is 5.32 Å². The predicted molar refractivity (Wildman–Crippen MR) is 103 cm³/mol. The molecule has 3 rings (SSSR count). The van der Waals surface area contributed by atoms with Crippen LogP contribution in [0.2, 0.25) is 10.0 Å². The minimum atomic E-state index is -0.190. The van der Waals surface area contributed by atoms with Crippen molar-refractivity contribution in [1.82, 2.24) is 24.5 Å². The minimum absolute atomic E-state index is 0.190. The van der Waals surface area contributed by atoms with Gasteiger partial charge in [-0.25, -0.2) is 9.67 Å². The van der Waals surface area contributed by atoms with E-state index in [9.17, 15) is 4.79 Å². The molecular formula is C16H15BrCl2N6O. The summed E-state index contributed by atoms with van der Waals surface area (Å²) in [6.07, 6.45) is 3.49. The van der Waals surface area contributed by atoms with Gasteiger partial charge < -0.3 is 0 Å². The molecule has 0 aliphatic heterocycles. The van der Waals surface area contributed by atoms with E-state index in [0.717, 1.165) is 15.7 Å². The van der Waals surface area contributed by atoms with Gasteiger partial charge in [0.05, 0.1) is 23.8 Å². The fraction of sp³-hybridized carbons (Fsp3) is 0.250. The number of hydrogen-bond donors (Lipinski definition) is 1. The van der Waals surface area contributed by atoms with Crippen LogP contribution in [0.5, 0.6) is 0 Å². The summed E-state index contributed by atoms with van der Waals surface area (Å²) < 4.78 is 4.24. The molecule has 2 aromatic heterocycles. The third kappa shape index (κ3) is 4.44. The molecule has 1 N–H and O–H groups in total. The Hall–Kier alpha value is -1.90. The number of nitrogens with one attached hydrogen (secondary N) is 1. The number of carbonyl (C=O) groups excluding carboxylic acids is 1. The Morgan fingerprint density at radius 1 is 1.31 bits per heavy atom. The van der Waals surface area contributed by atoms with E-state index >= 15 is 0 Å². The van der Waals surface area contributed by atoms with Gasteiger partial charge in [-0.2, -0.15) is 5.10 Å². The first-order valence-corrected chi connectivity index (χ1v) is 9.29. The number of aromatic nitrogens is 5. The second-order valence-corrected chi connectivity index (χ2v) is 7.23. The predicted octanol–water partition coefficient (Wildman–Crippen LogP) is 3.93. The number of hydrogen-bond acceptors (Lipinski definition) is 4. The average Bonchev–Trinajstić information content (AvgIpc) is 3.17. The van der Waals surface area contributed by atoms with Gasteiger partial charge in [-0.05, 0) is 35.0 Å². The fourth-order valence-corrected chi connectivity index (χ4v) is 3.13. The van der Waals surface area contributed by atoms with Gasteiger partial charge >= 0.3 is 0 Å². The highest BCUT2D eigenvalue weighted by atomic mass is 79.9. The second kappa shape index (κ2) is 8.20. The summed E-state index contributed by atoms with van der Waals surface area (Å²) in [5.74, 6) is 0.0427. The molecule has 10 heteroatoms. The Labute approximate surface area is 168 Å². The van der Waals surface area contributed by atoms with Gasteiger partial charge in [0.25, 0.3) is 0 Å². The summed E-state index contributed by atoms with van der Waals surface area (Å²) in [7, 11) is 0. The molecule has 0 radical (unpaired) electrons. The molecule has 1 amide bonds. The van der Waals surface area contributed by atoms with E-state index < -0.39 is 0 Å². The van der Waals surface area contributed by atoms with Crippen LogP contribution in [0.3, 0.4) is 0 Å². The molecule has 0 spiro atoms. The number of benzene rings is 1. The van der Waals surface area contributed by atoms with Crippen molar-refractivity contribution in [1.29, 1.82) is 0 Å². The number of amides is 1. The third-order valence-electron chi connectivity index (χ3n) is 3.76. The number of anilines is 1. The molecule has 2 heterocycles. The van der Waals surface area contributed by atoms with Crippen molar-refractivity contribution >= 4 is 51.0 Å². The van der Waals surface area contributed by atoms with Crippen LogP contribution in [0.15, 0.2) is 35.2 Å². The van der Waals surface area contributed by atoms with E-state index in [0.29, 0.717) is 23.1 Å². The van der Waals surface area contributed by atoms with Gasteiger partial charge in [-0.3, -0.25) is 14.8 Å². The molecular weight excluding hydrogens is 443 g/mol. The smallest absolute Gasteiger partial charge is 0.248 e. The summed E-state index contributed by atoms with van der Waals surface area (Å²) in [5.41, 5.74) is 1.72. The molecule has 3 aromatic rings. The molecule has 0 fully saturated rings. The molecule has 0 atom stereocenters. The molecule has 26 heavy (non-hydrogen) atoms. The van der Waals surface area contributed by atoms with Gasteiger partial charge in [-0.1, -0.05) is 29.3 Å². The van der Waals surface area contributed by atoms with Gasteiger partial charge in [0.2, 0.25) is 11.9 Å². The van der Waals surface area contributed by atoms with Crippen LogP contribution in [-0.4, -0.2) is 30.5 Å². The lowest BCUT2D eigenvalue weighted by Gasteiger charge is -2.06. The maximum atomic E-state index is 12.1. The van der Waals surface area contributed by atoms with Crippen LogP contribution >= 0.6 is 39.1 Å². The van der Waals surface area contributed by atoms with Gasteiger partial charge in [0, 0.05) is 27.7 Å². The molecule has 1 aromatic carbocycles. The maximum Gasteiger partial charge on any atom is 0.248 e. The topological polar surface area (TPSA) is 77.6 Å². The number of halogens is 3. The monoisotopic (exact) mass is 456 g/mol. The van der Waals surface area contributed by atoms with Crippen molar-refractivity contribution in [2.24, 2.45) is 0 Å². The number of aryl methyl sites for hydroxylation is 1. The van der Waals surface area contributed by atoms with Gasteiger partial charge in [-0.15, -0.1) is 5.10 Å². The Balaban J connectivity index is 1.58. The minimum Gasteiger partial charge on any atom is -0.293 e. The highest BCUT2D eigenvalue weighted by Gasteiger charge is 2.11. The summed E-state index contributed by atoms with van der Waals surface area (Å²) in [4.78, 5) is 16.2. The zero-order valence-electron chi connectivity index (χ0n) is 13.8. The summed E-state index contributed by atoms with van der Waals surface area (Å²) in [5, 5.41) is 12.2. The molecule has 0 aliphatic rings. The molecule has 0 aliphatic carbocycles. The standard InChI is InChI=1S/C16H15BrCl2N6O/c1-10-12(17)7-21-25(10)6-5-15(26)22-16-20-9-24(23-16)8-11-13(18)3-2-4-14(11)19/h2-4,7,9H,5-6,8H2,1H3,(H,22,23,26). The van der Waals surface area contributed by atoms with Crippen LogP contribution < -0.4 is 5.32 Å². The van der Waals surface area contributed by atoms with Crippen molar-refractivity contribution < 1.29 is 4.79 Å². The van der Waals surface area contributed by atoms with Crippen LogP contribution in [0.4, 0.5) is 5.95 Å². The number of rotatable bonds is 6. The lowest BCUT2D eigenvalue weighted by atomic mass is 10.2. The maximum absolute atomic E-state index is 12.1. The van der Waals surface area contributed by atoms with E-state index in [1.165, 1.54) is 6.33 Å². The molecule has 0 saturated carbocycles. The first kappa shape index (κ1) is 18.9. The van der Waals surface area contributed by atoms with Crippen molar-refractivity contribution in [3.8, 4) is 0 Å². The highest BCUT2D eigenvalue weighted by Crippen LogP contribution is 2.24. The van der Waals surface area contributed by atoms with E-state index in [-0.39, 0.29) is 18.3 Å². The quantitative estimate of drug-likeness (QED) is 0.608. The van der Waals surface area contributed by atoms with E-state index in [1.807, 2.05) is 6.92 Å². The van der Waals surface area contributed by atoms with Crippen molar-refractivity contribution in [3.63, 3.8) is 0 Å². The molecule has 0 unspecified atom stereocenters. The lowest BCUT2D eigenvalue weighted by Crippen LogP contribution is -2.16. The van der Waals surface area contributed by atoms with Gasteiger partial charge in [0.1, 0.15) is 6.33 Å². The number of carbonyl (C=O) groups is 1. The van der Waals surface area contributed by atoms with Crippen LogP contribution in [-0.2, 0) is 17.9 Å². The van der Waals surface area contributed by atoms with Crippen LogP contribution in [0.1, 0.15) is 17.7 Å². The zero-order valence-corrected chi connectivity index (χ0v) is 16.9. The highest BCUT2D eigenvalue weighted by molar-refractivity contribution is 9.10. The molecule has 7 nitrogen and oxygen atoms in total. The Kier molecular flexibility index (Phi) is 5.95. The lowest BCUT2D eigenvalue weighted by molar-refractivity contribution is -0.116. The van der Waals surface area contributed by atoms with Crippen LogP contribution in [0.25, 0.3) is 0 Å². The fourth-order valence-electron chi connectivity index (χ4n) is 2.32. The largest absolute Gasteiger partial charge is 0.293 e. The third-order valence-corrected chi connectivity index (χ3v) is 5.25. The Morgan fingerprint density at radius 2 is 2.04 bits per heavy atom. The number of nitrogens with zero attached hydrogens (tertiary/aromatic N) is 5. The Bertz CT molecular complexity index is 918. The first-order valence-electron chi connectivity index (χ1n) is 7.74. The summed E-state index contributed by atoms with van der Waals surface area (Å²) in [6, 6.07) is 5.30. The summed E-state index contributed by atoms with van der Waals surface area (Å²) >= 11 is 15.7. The van der Waals surface area contributed by atoms with Gasteiger partial charge in [0.15, 0.2) is 0 Å². The van der Waals surface area contributed by atoms with E-state index in [1.54, 1.807) is 33.8 Å². The SMILES string of the molecule is Cc1c(Br)cnn1CCC(=O)Nc1ncn(Cc2c(Cl)cccc2Cl)n1. The molecule has 0 saturated heterocycles. The average molecular weight is 458 g/mol. The van der Waals surface area contributed by atoms with Crippen molar-refractivity contribution in [3.05, 3.63) is 56.5 Å². The first-order chi connectivity index (χ1) is 12.4. The van der Waals surface area contributed by atoms with Crippen LogP contribution in [0, 0.1) is 6.92 Å². The van der Waals surface area contributed by atoms with Crippen molar-refractivity contribution in [2.45, 2.75) is 26.4 Å². The van der Waals surface area contributed by atoms with E-state index in [4.69, 9.17) is 23.2 Å². The summed E-state index contributed by atoms with van der Waals surface area (Å²) in [6.45, 7) is 2.76. The molecule has 136 valence electrons. The Morgan fingerprint density at radius 3 is 2.69 bits per heavy atom. The zero-order chi connectivity index (χ0) is 18.7. The second-order valence-electron chi connectivity index (χ2n) is 5.57.